The van der Waals surface area contributed by atoms with Gasteiger partial charge in [-0.25, -0.2) is 4.39 Å². The molecule has 0 aliphatic carbocycles. The van der Waals surface area contributed by atoms with Crippen LogP contribution >= 0.6 is 0 Å². The summed E-state index contributed by atoms with van der Waals surface area (Å²) in [5.74, 6) is -0.407. The van der Waals surface area contributed by atoms with Gasteiger partial charge in [-0.15, -0.1) is 0 Å². The summed E-state index contributed by atoms with van der Waals surface area (Å²) in [5, 5.41) is 2.57. The van der Waals surface area contributed by atoms with Gasteiger partial charge in [0.1, 0.15) is 5.82 Å². The summed E-state index contributed by atoms with van der Waals surface area (Å²) in [4.78, 5) is 28.6. The van der Waals surface area contributed by atoms with Crippen molar-refractivity contribution in [3.63, 3.8) is 0 Å². The first-order valence-corrected chi connectivity index (χ1v) is 8.69. The number of likely N-dealkylation sites (N-methyl/N-ethyl adjacent to an activating group) is 1. The van der Waals surface area contributed by atoms with Crippen molar-refractivity contribution in [3.8, 4) is 0 Å². The van der Waals surface area contributed by atoms with E-state index in [4.69, 9.17) is 4.74 Å². The molecule has 2 amide bonds. The lowest BCUT2D eigenvalue weighted by Gasteiger charge is -2.35. The molecular weight excluding hydrogens is 325 g/mol. The monoisotopic (exact) mass is 349 g/mol. The number of nitrogens with zero attached hydrogens (tertiary/aromatic N) is 2. The second-order valence-electron chi connectivity index (χ2n) is 6.51. The minimum Gasteiger partial charge on any atom is -0.365 e. The lowest BCUT2D eigenvalue weighted by molar-refractivity contribution is -0.149. The van der Waals surface area contributed by atoms with E-state index in [9.17, 15) is 14.0 Å². The Morgan fingerprint density at radius 1 is 1.28 bits per heavy atom. The number of halogens is 1. The predicted octanol–water partition coefficient (Wildman–Crippen LogP) is 0.764. The third kappa shape index (κ3) is 4.16. The van der Waals surface area contributed by atoms with Gasteiger partial charge in [0.25, 0.3) is 5.91 Å². The van der Waals surface area contributed by atoms with Crippen LogP contribution in [0.4, 0.5) is 4.39 Å². The molecule has 3 rings (SSSR count). The quantitative estimate of drug-likeness (QED) is 0.872. The Labute approximate surface area is 146 Å². The first-order chi connectivity index (χ1) is 12.1. The highest BCUT2D eigenvalue weighted by molar-refractivity contribution is 5.85. The van der Waals surface area contributed by atoms with Gasteiger partial charge in [0.05, 0.1) is 19.2 Å². The van der Waals surface area contributed by atoms with Crippen LogP contribution in [0, 0.1) is 5.82 Å². The zero-order valence-corrected chi connectivity index (χ0v) is 14.4. The third-order valence-corrected chi connectivity index (χ3v) is 4.86. The van der Waals surface area contributed by atoms with Crippen molar-refractivity contribution in [2.45, 2.75) is 31.5 Å². The molecule has 6 nitrogen and oxygen atoms in total. The molecular formula is C18H24FN3O3. The van der Waals surface area contributed by atoms with Crippen LogP contribution in [0.3, 0.4) is 0 Å². The summed E-state index contributed by atoms with van der Waals surface area (Å²) in [7, 11) is 1.56. The Balaban J connectivity index is 1.64. The maximum absolute atomic E-state index is 13.1. The molecule has 136 valence electrons. The summed E-state index contributed by atoms with van der Waals surface area (Å²) in [5.41, 5.74) is 0.992. The topological polar surface area (TPSA) is 61.9 Å². The van der Waals surface area contributed by atoms with Gasteiger partial charge in [-0.1, -0.05) is 12.1 Å². The fourth-order valence-electron chi connectivity index (χ4n) is 3.50. The summed E-state index contributed by atoms with van der Waals surface area (Å²) in [6, 6.07) is 6.21. The van der Waals surface area contributed by atoms with Crippen LogP contribution in [0.25, 0.3) is 0 Å². The largest absolute Gasteiger partial charge is 0.365 e. The van der Waals surface area contributed by atoms with Gasteiger partial charge in [-0.3, -0.25) is 14.5 Å². The maximum atomic E-state index is 13.1. The van der Waals surface area contributed by atoms with E-state index < -0.39 is 6.10 Å². The van der Waals surface area contributed by atoms with E-state index in [1.54, 1.807) is 24.1 Å². The van der Waals surface area contributed by atoms with Crippen LogP contribution in [-0.4, -0.2) is 67.0 Å². The van der Waals surface area contributed by atoms with Crippen molar-refractivity contribution in [1.82, 2.24) is 15.1 Å². The van der Waals surface area contributed by atoms with Gasteiger partial charge in [0.2, 0.25) is 5.91 Å². The second kappa shape index (κ2) is 7.93. The number of nitrogens with one attached hydrogen (secondary N) is 1. The number of morpholine rings is 1. The highest BCUT2D eigenvalue weighted by Crippen LogP contribution is 2.23. The molecule has 1 aromatic carbocycles. The third-order valence-electron chi connectivity index (χ3n) is 4.86. The number of ether oxygens (including phenoxy) is 1. The van der Waals surface area contributed by atoms with Crippen LogP contribution in [0.15, 0.2) is 24.3 Å². The first kappa shape index (κ1) is 17.8. The zero-order chi connectivity index (χ0) is 17.8. The SMILES string of the molecule is CNC(=O)[C@H]1CN(C(=O)[C@@H]2CCCN2Cc2ccc(F)cc2)CCO1. The molecule has 2 aliphatic rings. The maximum Gasteiger partial charge on any atom is 0.250 e. The van der Waals surface area contributed by atoms with Crippen molar-refractivity contribution in [2.24, 2.45) is 0 Å². The smallest absolute Gasteiger partial charge is 0.250 e. The van der Waals surface area contributed by atoms with Crippen LogP contribution in [0.2, 0.25) is 0 Å². The molecule has 25 heavy (non-hydrogen) atoms. The van der Waals surface area contributed by atoms with Gasteiger partial charge in [-0.2, -0.15) is 0 Å². The Hall–Kier alpha value is -1.99. The first-order valence-electron chi connectivity index (χ1n) is 8.69. The van der Waals surface area contributed by atoms with Crippen molar-refractivity contribution in [1.29, 1.82) is 0 Å². The summed E-state index contributed by atoms with van der Waals surface area (Å²) in [6.45, 7) is 2.64. The van der Waals surface area contributed by atoms with Crippen LogP contribution in [0.5, 0.6) is 0 Å². The fraction of sp³-hybridized carbons (Fsp3) is 0.556. The highest BCUT2D eigenvalue weighted by atomic mass is 19.1. The highest BCUT2D eigenvalue weighted by Gasteiger charge is 2.36. The Kier molecular flexibility index (Phi) is 5.65. The molecule has 2 saturated heterocycles. The standard InChI is InChI=1S/C18H24FN3O3/c1-20-17(23)16-12-22(9-10-25-16)18(24)15-3-2-8-21(15)11-13-4-6-14(19)7-5-13/h4-7,15-16H,2-3,8-12H2,1H3,(H,20,23)/t15-,16+/m0/s1. The molecule has 2 atom stereocenters. The molecule has 0 radical (unpaired) electrons. The molecule has 1 aromatic rings. The summed E-state index contributed by atoms with van der Waals surface area (Å²) in [6.07, 6.45) is 1.16. The van der Waals surface area contributed by atoms with Crippen molar-refractivity contribution in [3.05, 3.63) is 35.6 Å². The van der Waals surface area contributed by atoms with Crippen LogP contribution in [-0.2, 0) is 20.9 Å². The Bertz CT molecular complexity index is 622. The molecule has 0 aromatic heterocycles. The Morgan fingerprint density at radius 2 is 2.04 bits per heavy atom. The van der Waals surface area contributed by atoms with E-state index in [1.807, 2.05) is 0 Å². The average Bonchev–Trinajstić information content (AvgIpc) is 3.10. The number of benzene rings is 1. The number of carbonyl (C=O) groups is 2. The predicted molar refractivity (Wildman–Crippen MR) is 90.2 cm³/mol. The number of carbonyl (C=O) groups excluding carboxylic acids is 2. The molecule has 1 N–H and O–H groups in total. The van der Waals surface area contributed by atoms with Crippen molar-refractivity contribution >= 4 is 11.8 Å². The average molecular weight is 349 g/mol. The van der Waals surface area contributed by atoms with E-state index in [1.165, 1.54) is 12.1 Å². The Morgan fingerprint density at radius 3 is 2.76 bits per heavy atom. The molecule has 0 saturated carbocycles. The lowest BCUT2D eigenvalue weighted by atomic mass is 10.1. The number of hydrogen-bond donors (Lipinski definition) is 1. The minimum atomic E-state index is -0.602. The van der Waals surface area contributed by atoms with E-state index in [-0.39, 0.29) is 23.7 Å². The molecule has 0 unspecified atom stereocenters. The summed E-state index contributed by atoms with van der Waals surface area (Å²) < 4.78 is 18.5. The van der Waals surface area contributed by atoms with E-state index in [0.29, 0.717) is 26.2 Å². The fourth-order valence-corrected chi connectivity index (χ4v) is 3.50. The zero-order valence-electron chi connectivity index (χ0n) is 14.4. The molecule has 0 bridgehead atoms. The van der Waals surface area contributed by atoms with E-state index in [0.717, 1.165) is 24.9 Å². The van der Waals surface area contributed by atoms with Gasteiger partial charge >= 0.3 is 0 Å². The minimum absolute atomic E-state index is 0.0526. The second-order valence-corrected chi connectivity index (χ2v) is 6.51. The van der Waals surface area contributed by atoms with Crippen molar-refractivity contribution in [2.75, 3.05) is 33.3 Å². The van der Waals surface area contributed by atoms with Gasteiger partial charge in [0, 0.05) is 20.1 Å². The molecule has 2 heterocycles. The van der Waals surface area contributed by atoms with Gasteiger partial charge in [-0.05, 0) is 37.1 Å². The van der Waals surface area contributed by atoms with Gasteiger partial charge < -0.3 is 15.0 Å². The lowest BCUT2D eigenvalue weighted by Crippen LogP contribution is -2.55. The molecule has 2 aliphatic heterocycles. The number of amides is 2. The van der Waals surface area contributed by atoms with Crippen LogP contribution < -0.4 is 5.32 Å². The number of likely N-dealkylation sites (tertiary alicyclic amines) is 1. The van der Waals surface area contributed by atoms with Crippen LogP contribution in [0.1, 0.15) is 18.4 Å². The van der Waals surface area contributed by atoms with E-state index in [2.05, 4.69) is 10.2 Å². The molecule has 7 heteroatoms. The van der Waals surface area contributed by atoms with Gasteiger partial charge in [0.15, 0.2) is 6.10 Å². The number of hydrogen-bond acceptors (Lipinski definition) is 4. The van der Waals surface area contributed by atoms with E-state index >= 15 is 0 Å². The molecule has 2 fully saturated rings. The van der Waals surface area contributed by atoms with Crippen molar-refractivity contribution < 1.29 is 18.7 Å². The molecule has 0 spiro atoms. The summed E-state index contributed by atoms with van der Waals surface area (Å²) >= 11 is 0. The number of rotatable bonds is 4. The normalized spacial score (nSPS) is 24.3.